The SMILES string of the molecule is COC(=O)NC(C(=O)N1C2CCC(C2)C1c1nc2ccc(-c3ccc4c(c3)C(F)(F)c3cc(-c5cnc(C6CC7(CC7)CN6C(=O)C(NC(=O)OC)C(C)C)[nH]5)ccc3-4)cc2[nH]1)c1ccccc1. The van der Waals surface area contributed by atoms with Gasteiger partial charge >= 0.3 is 12.2 Å². The molecule has 2 aromatic heterocycles. The van der Waals surface area contributed by atoms with E-state index in [9.17, 15) is 19.2 Å². The first-order chi connectivity index (χ1) is 32.8. The molecule has 68 heavy (non-hydrogen) atoms. The zero-order valence-electron chi connectivity index (χ0n) is 38.1. The van der Waals surface area contributed by atoms with E-state index in [4.69, 9.17) is 19.4 Å². The number of halogens is 2. The summed E-state index contributed by atoms with van der Waals surface area (Å²) in [5.41, 5.74) is 5.25. The van der Waals surface area contributed by atoms with Crippen molar-refractivity contribution in [2.45, 2.75) is 88.5 Å². The summed E-state index contributed by atoms with van der Waals surface area (Å²) in [6.07, 6.45) is 5.60. The van der Waals surface area contributed by atoms with Gasteiger partial charge in [-0.3, -0.25) is 9.59 Å². The number of fused-ring (bicyclic) bond motifs is 6. The summed E-state index contributed by atoms with van der Waals surface area (Å²) in [5, 5.41) is 5.45. The number of benzene rings is 4. The van der Waals surface area contributed by atoms with Crippen LogP contribution in [0, 0.1) is 17.3 Å². The van der Waals surface area contributed by atoms with Crippen LogP contribution in [0.4, 0.5) is 18.4 Å². The first-order valence-electron chi connectivity index (χ1n) is 23.3. The van der Waals surface area contributed by atoms with Gasteiger partial charge in [-0.15, -0.1) is 0 Å². The van der Waals surface area contributed by atoms with Crippen molar-refractivity contribution in [1.82, 2.24) is 40.4 Å². The molecular weight excluding hydrogens is 871 g/mol. The fourth-order valence-electron chi connectivity index (χ4n) is 11.4. The molecule has 4 aromatic carbocycles. The molecule has 2 aliphatic heterocycles. The van der Waals surface area contributed by atoms with Gasteiger partial charge in [-0.25, -0.2) is 19.6 Å². The van der Waals surface area contributed by atoms with Crippen molar-refractivity contribution in [2.24, 2.45) is 17.3 Å². The molecular formula is C52H52F2N8O6. The third kappa shape index (κ3) is 7.26. The van der Waals surface area contributed by atoms with Crippen LogP contribution in [0.15, 0.2) is 91.1 Å². The van der Waals surface area contributed by atoms with Gasteiger partial charge in [0.05, 0.1) is 49.2 Å². The van der Waals surface area contributed by atoms with Gasteiger partial charge in [0, 0.05) is 29.3 Å². The number of amides is 4. The van der Waals surface area contributed by atoms with Crippen molar-refractivity contribution in [3.63, 3.8) is 0 Å². The number of ether oxygens (including phenoxy) is 2. The van der Waals surface area contributed by atoms with E-state index in [1.165, 1.54) is 20.3 Å². The van der Waals surface area contributed by atoms with E-state index >= 15 is 8.78 Å². The van der Waals surface area contributed by atoms with E-state index in [1.807, 2.05) is 79.4 Å². The van der Waals surface area contributed by atoms with Crippen molar-refractivity contribution in [3.05, 3.63) is 119 Å². The molecule has 5 aliphatic rings. The quantitative estimate of drug-likeness (QED) is 0.105. The average molecular weight is 923 g/mol. The molecule has 6 atom stereocenters. The summed E-state index contributed by atoms with van der Waals surface area (Å²) < 4.78 is 43.2. The maximum absolute atomic E-state index is 16.7. The van der Waals surface area contributed by atoms with E-state index in [2.05, 4.69) is 20.6 Å². The Labute approximate surface area is 391 Å². The number of H-pyrrole nitrogens is 2. The number of rotatable bonds is 10. The Kier molecular flexibility index (Phi) is 10.4. The van der Waals surface area contributed by atoms with Gasteiger partial charge in [0.2, 0.25) is 5.91 Å². The highest BCUT2D eigenvalue weighted by Gasteiger charge is 2.56. The van der Waals surface area contributed by atoms with E-state index in [1.54, 1.807) is 29.3 Å². The first-order valence-corrected chi connectivity index (χ1v) is 23.3. The highest BCUT2D eigenvalue weighted by atomic mass is 19.3. The Morgan fingerprint density at radius 2 is 1.47 bits per heavy atom. The van der Waals surface area contributed by atoms with Crippen molar-refractivity contribution >= 4 is 35.0 Å². The first kappa shape index (κ1) is 43.5. The number of aromatic amines is 2. The standard InChI is InChI=1S/C52H52F2N8O6/c1-27(2)42(59-49(65)67-3)47(63)61-26-51(18-19-51)24-41(61)45-55-25-40(58-45)31-12-16-35-34-15-11-29(21-36(34)52(53,54)37(35)22-31)30-13-17-38-39(23-30)57-46(56-38)44-32-10-14-33(20-32)62(44)48(64)43(60-50(66)68-4)28-8-6-5-7-9-28/h5-9,11-13,15-17,21-23,25,27,32-33,41-44H,10,14,18-20,24,26H2,1-4H3,(H,55,58)(H,56,57)(H,59,65)(H,60,66). The number of hydrogen-bond acceptors (Lipinski definition) is 8. The number of methoxy groups -OCH3 is 2. The second-order valence-electron chi connectivity index (χ2n) is 19.6. The monoisotopic (exact) mass is 922 g/mol. The maximum Gasteiger partial charge on any atom is 0.407 e. The van der Waals surface area contributed by atoms with Gasteiger partial charge in [0.25, 0.3) is 11.8 Å². The highest BCUT2D eigenvalue weighted by Crippen LogP contribution is 2.59. The maximum atomic E-state index is 16.7. The summed E-state index contributed by atoms with van der Waals surface area (Å²) in [7, 11) is 2.53. The number of nitrogens with zero attached hydrogens (tertiary/aromatic N) is 4. The number of aromatic nitrogens is 4. The number of piperidine rings is 1. The van der Waals surface area contributed by atoms with Gasteiger partial charge in [-0.1, -0.05) is 74.5 Å². The number of nitrogens with one attached hydrogen (secondary N) is 4. The molecule has 4 heterocycles. The third-order valence-corrected chi connectivity index (χ3v) is 15.1. The Bertz CT molecular complexity index is 3000. The predicted octanol–water partition coefficient (Wildman–Crippen LogP) is 9.32. The van der Waals surface area contributed by atoms with E-state index in [-0.39, 0.29) is 58.3 Å². The van der Waals surface area contributed by atoms with Crippen LogP contribution in [0.2, 0.25) is 0 Å². The molecule has 2 saturated carbocycles. The minimum atomic E-state index is -3.30. The molecule has 4 fully saturated rings. The lowest BCUT2D eigenvalue weighted by molar-refractivity contribution is -0.138. The molecule has 14 nitrogen and oxygen atoms in total. The lowest BCUT2D eigenvalue weighted by Gasteiger charge is -2.36. The van der Waals surface area contributed by atoms with Crippen LogP contribution < -0.4 is 10.6 Å². The molecule has 4 amide bonds. The van der Waals surface area contributed by atoms with Crippen LogP contribution in [0.25, 0.3) is 44.5 Å². The molecule has 11 rings (SSSR count). The Morgan fingerprint density at radius 3 is 2.18 bits per heavy atom. The zero-order valence-corrected chi connectivity index (χ0v) is 38.1. The van der Waals surface area contributed by atoms with Gasteiger partial charge in [-0.2, -0.15) is 8.78 Å². The molecule has 2 bridgehead atoms. The van der Waals surface area contributed by atoms with Crippen LogP contribution in [-0.2, 0) is 25.0 Å². The van der Waals surface area contributed by atoms with Gasteiger partial charge in [-0.05, 0) is 108 Å². The van der Waals surface area contributed by atoms with Gasteiger partial charge in [0.1, 0.15) is 23.7 Å². The van der Waals surface area contributed by atoms with Crippen molar-refractivity contribution in [1.29, 1.82) is 0 Å². The Balaban J connectivity index is 0.844. The summed E-state index contributed by atoms with van der Waals surface area (Å²) in [6, 6.07) is 22.6. The molecule has 6 aromatic rings. The number of imidazole rings is 2. The van der Waals surface area contributed by atoms with Crippen LogP contribution in [0.1, 0.15) is 98.8 Å². The van der Waals surface area contributed by atoms with Crippen molar-refractivity contribution in [2.75, 3.05) is 20.8 Å². The van der Waals surface area contributed by atoms with Crippen LogP contribution >= 0.6 is 0 Å². The van der Waals surface area contributed by atoms with Crippen molar-refractivity contribution < 1.29 is 37.4 Å². The minimum Gasteiger partial charge on any atom is -0.453 e. The van der Waals surface area contributed by atoms with E-state index in [0.29, 0.717) is 62.7 Å². The zero-order chi connectivity index (χ0) is 47.2. The van der Waals surface area contributed by atoms with Gasteiger partial charge in [0.15, 0.2) is 0 Å². The number of likely N-dealkylation sites (tertiary alicyclic amines) is 2. The van der Waals surface area contributed by atoms with Crippen LogP contribution in [0.5, 0.6) is 0 Å². The number of alkyl carbamates (subject to hydrolysis) is 2. The molecule has 3 aliphatic carbocycles. The molecule has 0 radical (unpaired) electrons. The normalized spacial score (nSPS) is 22.3. The largest absolute Gasteiger partial charge is 0.453 e. The summed E-state index contributed by atoms with van der Waals surface area (Å²) >= 11 is 0. The van der Waals surface area contributed by atoms with E-state index in [0.717, 1.165) is 44.1 Å². The molecule has 4 N–H and O–H groups in total. The molecule has 1 spiro atoms. The number of carbonyl (C=O) groups excluding carboxylic acids is 4. The lowest BCUT2D eigenvalue weighted by Crippen LogP contribution is -2.51. The predicted molar refractivity (Wildman–Crippen MR) is 248 cm³/mol. The van der Waals surface area contributed by atoms with Gasteiger partial charge < -0.3 is 39.9 Å². The van der Waals surface area contributed by atoms with Crippen LogP contribution in [0.3, 0.4) is 0 Å². The number of carbonyl (C=O) groups is 4. The summed E-state index contributed by atoms with van der Waals surface area (Å²) in [4.78, 5) is 73.3. The smallest absolute Gasteiger partial charge is 0.407 e. The third-order valence-electron chi connectivity index (χ3n) is 15.1. The Morgan fingerprint density at radius 1 is 0.794 bits per heavy atom. The Hall–Kier alpha value is -7.10. The van der Waals surface area contributed by atoms with Crippen molar-refractivity contribution in [3.8, 4) is 33.5 Å². The topological polar surface area (TPSA) is 175 Å². The summed E-state index contributed by atoms with van der Waals surface area (Å²) in [6.45, 7) is 4.30. The lowest BCUT2D eigenvalue weighted by atomic mass is 9.96. The number of alkyl halides is 2. The van der Waals surface area contributed by atoms with Crippen LogP contribution in [-0.4, -0.2) is 86.6 Å². The molecule has 16 heteroatoms. The summed E-state index contributed by atoms with van der Waals surface area (Å²) in [5.74, 6) is -2.52. The minimum absolute atomic E-state index is 0.00551. The molecule has 2 saturated heterocycles. The molecule has 350 valence electrons. The second-order valence-corrected chi connectivity index (χ2v) is 19.6. The average Bonchev–Trinajstić information content (AvgIpc) is 4.01. The number of hydrogen-bond donors (Lipinski definition) is 4. The van der Waals surface area contributed by atoms with E-state index < -0.39 is 30.2 Å². The highest BCUT2D eigenvalue weighted by molar-refractivity contribution is 5.90. The molecule has 6 unspecified atom stereocenters. The fourth-order valence-corrected chi connectivity index (χ4v) is 11.4. The fraction of sp³-hybridized carbons (Fsp3) is 0.385. The second kappa shape index (κ2) is 16.3.